The molecule has 0 aromatic heterocycles. The van der Waals surface area contributed by atoms with Crippen molar-refractivity contribution < 1.29 is 30.2 Å². The minimum Gasteiger partial charge on any atom is -0.374 e. The average Bonchev–Trinajstić information content (AvgIpc) is 3.08. The van der Waals surface area contributed by atoms with Gasteiger partial charge in [-0.2, -0.15) is 0 Å². The maximum absolute atomic E-state index is 12.3. The van der Waals surface area contributed by atoms with E-state index in [-0.39, 0.29) is 26.5 Å². The molecule has 1 aliphatic heterocycles. The zero-order valence-corrected chi connectivity index (χ0v) is 25.2. The molecule has 0 amide bonds. The van der Waals surface area contributed by atoms with E-state index < -0.39 is 30.2 Å². The van der Waals surface area contributed by atoms with Crippen LogP contribution in [0.2, 0.25) is 0 Å². The lowest BCUT2D eigenvalue weighted by Gasteiger charge is -2.50. The number of hydrogen-bond acceptors (Lipinski definition) is 6. The van der Waals surface area contributed by atoms with E-state index in [1.807, 2.05) is 121 Å². The third-order valence-corrected chi connectivity index (χ3v) is 7.81. The van der Waals surface area contributed by atoms with E-state index in [2.05, 4.69) is 0 Å². The summed E-state index contributed by atoms with van der Waals surface area (Å²) in [5.41, 5.74) is 4.04. The van der Waals surface area contributed by atoms with Crippen LogP contribution in [-0.2, 0) is 50.1 Å². The molecule has 44 heavy (non-hydrogen) atoms. The zero-order valence-electron chi connectivity index (χ0n) is 26.2. The predicted molar refractivity (Wildman–Crippen MR) is 171 cm³/mol. The molecule has 6 heteroatoms. The van der Waals surface area contributed by atoms with E-state index >= 15 is 0 Å². The van der Waals surface area contributed by atoms with Crippen LogP contribution in [-0.4, -0.2) is 41.9 Å². The Kier molecular flexibility index (Phi) is 11.6. The van der Waals surface area contributed by atoms with E-state index in [0.717, 1.165) is 22.3 Å². The fourth-order valence-electron chi connectivity index (χ4n) is 5.52. The molecule has 0 spiro atoms. The monoisotopic (exact) mass is 597 g/mol. The lowest BCUT2D eigenvalue weighted by atomic mass is 9.88. The van der Waals surface area contributed by atoms with Crippen molar-refractivity contribution in [3.05, 3.63) is 144 Å². The van der Waals surface area contributed by atoms with Gasteiger partial charge in [-0.3, -0.25) is 0 Å². The molecule has 6 nitrogen and oxygen atoms in total. The molecule has 1 saturated heterocycles. The summed E-state index contributed by atoms with van der Waals surface area (Å²) in [6.45, 7) is 1.76. The second-order valence-corrected chi connectivity index (χ2v) is 11.2. The molecule has 0 aliphatic carbocycles. The number of ether oxygens (including phenoxy) is 5. The summed E-state index contributed by atoms with van der Waals surface area (Å²) in [5, 5.41) is 12.3. The molecule has 1 heterocycles. The predicted octanol–water partition coefficient (Wildman–Crippen LogP) is 7.24. The number of aliphatic hydroxyl groups is 1. The first-order valence-electron chi connectivity index (χ1n) is 16.1. The van der Waals surface area contributed by atoms with E-state index in [0.29, 0.717) is 32.7 Å². The molecule has 0 radical (unpaired) electrons. The van der Waals surface area contributed by atoms with Gasteiger partial charge < -0.3 is 28.8 Å². The first kappa shape index (κ1) is 30.7. The topological polar surface area (TPSA) is 66.4 Å². The Labute approximate surface area is 262 Å². The largest absolute Gasteiger partial charge is 0.374 e. The van der Waals surface area contributed by atoms with Crippen LogP contribution in [0, 0.1) is 0 Å². The van der Waals surface area contributed by atoms with Crippen molar-refractivity contribution in [1.29, 1.82) is 0 Å². The van der Waals surface area contributed by atoms with Crippen LogP contribution in [0.15, 0.2) is 121 Å². The fourth-order valence-corrected chi connectivity index (χ4v) is 5.52. The normalized spacial score (nSPS) is 23.7. The number of rotatable bonds is 16. The summed E-state index contributed by atoms with van der Waals surface area (Å²) in [4.78, 5) is 0. The number of hydrogen-bond donors (Lipinski definition) is 1. The Morgan fingerprint density at radius 1 is 0.636 bits per heavy atom. The second kappa shape index (κ2) is 16.6. The maximum Gasteiger partial charge on any atom is 0.195 e. The fraction of sp³-hybridized carbons (Fsp3) is 0.368. The minimum absolute atomic E-state index is 0.186. The van der Waals surface area contributed by atoms with Gasteiger partial charge in [-0.15, -0.1) is 0 Å². The zero-order chi connectivity index (χ0) is 31.2. The van der Waals surface area contributed by atoms with Gasteiger partial charge in [-0.25, -0.2) is 0 Å². The highest BCUT2D eigenvalue weighted by Gasteiger charge is 2.55. The van der Waals surface area contributed by atoms with Gasteiger partial charge >= 0.3 is 0 Å². The molecule has 232 valence electrons. The SMILES string of the molecule is [2H]CCCCC1(O)O[C@H](COCc2ccccc2)[C@H](OCc2ccccc2)[C@H](OCc2ccccc2)[C@H]1OCc1ccccc1. The average molecular weight is 598 g/mol. The molecule has 0 saturated carbocycles. The van der Waals surface area contributed by atoms with Gasteiger partial charge in [0.25, 0.3) is 0 Å². The molecular weight excluding hydrogens is 552 g/mol. The van der Waals surface area contributed by atoms with Crippen LogP contribution < -0.4 is 0 Å². The van der Waals surface area contributed by atoms with Crippen LogP contribution in [0.25, 0.3) is 0 Å². The summed E-state index contributed by atoms with van der Waals surface area (Å²) < 4.78 is 40.3. The van der Waals surface area contributed by atoms with Crippen LogP contribution >= 0.6 is 0 Å². The van der Waals surface area contributed by atoms with Crippen molar-refractivity contribution in [1.82, 2.24) is 0 Å². The van der Waals surface area contributed by atoms with Gasteiger partial charge in [0, 0.05) is 7.79 Å². The van der Waals surface area contributed by atoms with Crippen LogP contribution in [0.3, 0.4) is 0 Å². The summed E-state index contributed by atoms with van der Waals surface area (Å²) in [6.07, 6.45) is -1.27. The quantitative estimate of drug-likeness (QED) is 0.137. The van der Waals surface area contributed by atoms with E-state index in [9.17, 15) is 5.11 Å². The van der Waals surface area contributed by atoms with Gasteiger partial charge in [0.15, 0.2) is 5.79 Å². The molecule has 0 bridgehead atoms. The third-order valence-electron chi connectivity index (χ3n) is 7.81. The third kappa shape index (κ3) is 9.08. The molecule has 1 aliphatic rings. The Balaban J connectivity index is 1.45. The van der Waals surface area contributed by atoms with Crippen molar-refractivity contribution in [2.24, 2.45) is 0 Å². The maximum atomic E-state index is 12.3. The summed E-state index contributed by atoms with van der Waals surface area (Å²) in [6, 6.07) is 39.8. The second-order valence-electron chi connectivity index (χ2n) is 11.2. The molecule has 1 unspecified atom stereocenters. The summed E-state index contributed by atoms with van der Waals surface area (Å²) in [7, 11) is 0. The van der Waals surface area contributed by atoms with E-state index in [4.69, 9.17) is 25.1 Å². The number of benzene rings is 4. The summed E-state index contributed by atoms with van der Waals surface area (Å²) in [5.74, 6) is -1.68. The molecule has 4 aromatic carbocycles. The summed E-state index contributed by atoms with van der Waals surface area (Å²) >= 11 is 0. The lowest BCUT2D eigenvalue weighted by molar-refractivity contribution is -0.372. The highest BCUT2D eigenvalue weighted by Crippen LogP contribution is 2.38. The lowest BCUT2D eigenvalue weighted by Crippen LogP contribution is -2.67. The highest BCUT2D eigenvalue weighted by molar-refractivity contribution is 5.16. The Morgan fingerprint density at radius 2 is 1.09 bits per heavy atom. The first-order valence-corrected chi connectivity index (χ1v) is 15.4. The van der Waals surface area contributed by atoms with Crippen molar-refractivity contribution in [2.45, 2.75) is 82.8 Å². The minimum atomic E-state index is -1.68. The van der Waals surface area contributed by atoms with Crippen molar-refractivity contribution in [3.63, 3.8) is 0 Å². The van der Waals surface area contributed by atoms with Crippen molar-refractivity contribution in [2.75, 3.05) is 6.61 Å². The van der Waals surface area contributed by atoms with Crippen LogP contribution in [0.5, 0.6) is 0 Å². The first-order chi connectivity index (χ1) is 22.1. The van der Waals surface area contributed by atoms with Crippen molar-refractivity contribution >= 4 is 0 Å². The Hall–Kier alpha value is -3.36. The Morgan fingerprint density at radius 3 is 1.59 bits per heavy atom. The molecule has 5 rings (SSSR count). The standard InChI is InChI=1S/C38H44O6/c1-2-3-24-38(39)37(43-28-33-22-14-7-15-23-33)36(42-27-32-20-12-6-13-21-32)35(41-26-31-18-10-5-11-19-31)34(44-38)29-40-25-30-16-8-4-9-17-30/h4-23,34-37,39H,2-3,24-29H2,1H3/t34-,35+,36+,37-,38?/m1/s1/i1D. The van der Waals surface area contributed by atoms with E-state index in [1.165, 1.54) is 0 Å². The van der Waals surface area contributed by atoms with E-state index in [1.54, 1.807) is 0 Å². The van der Waals surface area contributed by atoms with Gasteiger partial charge in [0.05, 0.1) is 33.0 Å². The van der Waals surface area contributed by atoms with Crippen LogP contribution in [0.4, 0.5) is 0 Å². The highest BCUT2D eigenvalue weighted by atomic mass is 16.7. The molecule has 4 aromatic rings. The number of unbranched alkanes of at least 4 members (excludes halogenated alkanes) is 1. The van der Waals surface area contributed by atoms with Crippen molar-refractivity contribution in [3.8, 4) is 0 Å². The van der Waals surface area contributed by atoms with Gasteiger partial charge in [-0.1, -0.05) is 135 Å². The smallest absolute Gasteiger partial charge is 0.195 e. The van der Waals surface area contributed by atoms with Gasteiger partial charge in [0.2, 0.25) is 0 Å². The molecular formula is C38H44O6. The molecule has 1 N–H and O–H groups in total. The molecule has 1 fully saturated rings. The van der Waals surface area contributed by atoms with Gasteiger partial charge in [0.1, 0.15) is 24.4 Å². The van der Waals surface area contributed by atoms with Crippen LogP contribution in [0.1, 0.15) is 49.8 Å². The molecule has 5 atom stereocenters. The van der Waals surface area contributed by atoms with Gasteiger partial charge in [-0.05, 0) is 28.7 Å². The Bertz CT molecular complexity index is 1360.